The van der Waals surface area contributed by atoms with Crippen LogP contribution in [0.4, 0.5) is 5.69 Å². The van der Waals surface area contributed by atoms with Crippen LogP contribution in [-0.2, 0) is 0 Å². The van der Waals surface area contributed by atoms with Gasteiger partial charge in [-0.05, 0) is 41.3 Å². The molecule has 3 aromatic carbocycles. The SMILES string of the molecule is CCOc1ccc(NC2c3ccccc3-c3ccccc32)cc1OC. The molecule has 4 rings (SSSR count). The van der Waals surface area contributed by atoms with Crippen LogP contribution in [0.15, 0.2) is 66.7 Å². The molecule has 3 nitrogen and oxygen atoms in total. The van der Waals surface area contributed by atoms with Crippen molar-refractivity contribution < 1.29 is 9.47 Å². The van der Waals surface area contributed by atoms with Crippen LogP contribution < -0.4 is 14.8 Å². The van der Waals surface area contributed by atoms with Crippen molar-refractivity contribution in [2.45, 2.75) is 13.0 Å². The van der Waals surface area contributed by atoms with Gasteiger partial charge in [0.2, 0.25) is 0 Å². The summed E-state index contributed by atoms with van der Waals surface area (Å²) in [4.78, 5) is 0. The molecule has 1 N–H and O–H groups in total. The van der Waals surface area contributed by atoms with Crippen molar-refractivity contribution in [1.82, 2.24) is 0 Å². The lowest BCUT2D eigenvalue weighted by Gasteiger charge is -2.19. The molecule has 126 valence electrons. The molecule has 0 fully saturated rings. The molecule has 0 bridgehead atoms. The highest BCUT2D eigenvalue weighted by Gasteiger charge is 2.27. The fourth-order valence-electron chi connectivity index (χ4n) is 3.51. The quantitative estimate of drug-likeness (QED) is 0.690. The van der Waals surface area contributed by atoms with Crippen molar-refractivity contribution in [3.05, 3.63) is 77.9 Å². The topological polar surface area (TPSA) is 30.5 Å². The van der Waals surface area contributed by atoms with E-state index in [4.69, 9.17) is 9.47 Å². The van der Waals surface area contributed by atoms with E-state index in [-0.39, 0.29) is 6.04 Å². The van der Waals surface area contributed by atoms with E-state index in [9.17, 15) is 0 Å². The van der Waals surface area contributed by atoms with E-state index in [0.717, 1.165) is 17.2 Å². The van der Waals surface area contributed by atoms with Gasteiger partial charge in [-0.2, -0.15) is 0 Å². The van der Waals surface area contributed by atoms with Gasteiger partial charge in [0.05, 0.1) is 19.8 Å². The maximum Gasteiger partial charge on any atom is 0.162 e. The molecule has 0 radical (unpaired) electrons. The number of nitrogens with one attached hydrogen (secondary N) is 1. The third kappa shape index (κ3) is 2.72. The zero-order chi connectivity index (χ0) is 17.2. The Morgan fingerprint density at radius 1 is 0.840 bits per heavy atom. The lowest BCUT2D eigenvalue weighted by Crippen LogP contribution is -2.09. The van der Waals surface area contributed by atoms with Gasteiger partial charge in [-0.25, -0.2) is 0 Å². The second kappa shape index (κ2) is 6.52. The molecule has 0 amide bonds. The number of hydrogen-bond acceptors (Lipinski definition) is 3. The van der Waals surface area contributed by atoms with Gasteiger partial charge < -0.3 is 14.8 Å². The van der Waals surface area contributed by atoms with E-state index in [1.165, 1.54) is 22.3 Å². The van der Waals surface area contributed by atoms with Crippen LogP contribution in [0.25, 0.3) is 11.1 Å². The first-order chi connectivity index (χ1) is 12.3. The molecule has 0 saturated carbocycles. The van der Waals surface area contributed by atoms with Crippen LogP contribution in [0.2, 0.25) is 0 Å². The maximum absolute atomic E-state index is 5.61. The third-order valence-corrected chi connectivity index (χ3v) is 4.61. The summed E-state index contributed by atoms with van der Waals surface area (Å²) >= 11 is 0. The number of fused-ring (bicyclic) bond motifs is 3. The predicted octanol–water partition coefficient (Wildman–Crippen LogP) is 5.28. The second-order valence-corrected chi connectivity index (χ2v) is 6.05. The largest absolute Gasteiger partial charge is 0.493 e. The molecule has 0 unspecified atom stereocenters. The van der Waals surface area contributed by atoms with Gasteiger partial charge in [-0.1, -0.05) is 48.5 Å². The minimum atomic E-state index is 0.134. The fourth-order valence-corrected chi connectivity index (χ4v) is 3.51. The maximum atomic E-state index is 5.61. The Bertz CT molecular complexity index is 859. The number of hydrogen-bond donors (Lipinski definition) is 1. The van der Waals surface area contributed by atoms with Gasteiger partial charge in [0, 0.05) is 11.8 Å². The average molecular weight is 331 g/mol. The molecule has 1 aliphatic rings. The fraction of sp³-hybridized carbons (Fsp3) is 0.182. The van der Waals surface area contributed by atoms with Crippen LogP contribution in [0.3, 0.4) is 0 Å². The number of rotatable bonds is 5. The molecule has 0 saturated heterocycles. The smallest absolute Gasteiger partial charge is 0.162 e. The van der Waals surface area contributed by atoms with Gasteiger partial charge in [-0.15, -0.1) is 0 Å². The van der Waals surface area contributed by atoms with E-state index in [1.54, 1.807) is 7.11 Å². The van der Waals surface area contributed by atoms with Crippen LogP contribution >= 0.6 is 0 Å². The van der Waals surface area contributed by atoms with Crippen molar-refractivity contribution in [3.8, 4) is 22.6 Å². The molecule has 3 heteroatoms. The molecule has 0 spiro atoms. The van der Waals surface area contributed by atoms with Gasteiger partial charge in [0.15, 0.2) is 11.5 Å². The second-order valence-electron chi connectivity index (χ2n) is 6.05. The summed E-state index contributed by atoms with van der Waals surface area (Å²) in [6.45, 7) is 2.59. The van der Waals surface area contributed by atoms with Crippen LogP contribution in [0.5, 0.6) is 11.5 Å². The Balaban J connectivity index is 1.71. The standard InChI is InChI=1S/C22H21NO2/c1-3-25-20-13-12-15(14-21(20)24-2)23-22-18-10-6-4-8-16(18)17-9-5-7-11-19(17)22/h4-14,22-23H,3H2,1-2H3. The molecule has 0 atom stereocenters. The Hall–Kier alpha value is -2.94. The monoisotopic (exact) mass is 331 g/mol. The van der Waals surface area contributed by atoms with Crippen LogP contribution in [0.1, 0.15) is 24.1 Å². The van der Waals surface area contributed by atoms with E-state index in [2.05, 4.69) is 53.8 Å². The van der Waals surface area contributed by atoms with E-state index < -0.39 is 0 Å². The van der Waals surface area contributed by atoms with Crippen molar-refractivity contribution >= 4 is 5.69 Å². The summed E-state index contributed by atoms with van der Waals surface area (Å²) in [6, 6.07) is 23.3. The van der Waals surface area contributed by atoms with Gasteiger partial charge in [0.1, 0.15) is 0 Å². The lowest BCUT2D eigenvalue weighted by molar-refractivity contribution is 0.311. The zero-order valence-electron chi connectivity index (χ0n) is 14.5. The number of benzene rings is 3. The molecule has 25 heavy (non-hydrogen) atoms. The highest BCUT2D eigenvalue weighted by Crippen LogP contribution is 2.45. The van der Waals surface area contributed by atoms with Crippen molar-refractivity contribution in [3.63, 3.8) is 0 Å². The van der Waals surface area contributed by atoms with Crippen molar-refractivity contribution in [2.24, 2.45) is 0 Å². The molecule has 0 aromatic heterocycles. The summed E-state index contributed by atoms with van der Waals surface area (Å²) in [7, 11) is 1.67. The number of anilines is 1. The molecular weight excluding hydrogens is 310 g/mol. The zero-order valence-corrected chi connectivity index (χ0v) is 14.5. The van der Waals surface area contributed by atoms with Crippen molar-refractivity contribution in [1.29, 1.82) is 0 Å². The van der Waals surface area contributed by atoms with Crippen molar-refractivity contribution in [2.75, 3.05) is 19.0 Å². The lowest BCUT2D eigenvalue weighted by atomic mass is 10.0. The average Bonchev–Trinajstić information content (AvgIpc) is 2.97. The summed E-state index contributed by atoms with van der Waals surface area (Å²) in [5.41, 5.74) is 6.21. The minimum absolute atomic E-state index is 0.134. The Kier molecular flexibility index (Phi) is 4.06. The summed E-state index contributed by atoms with van der Waals surface area (Å²) in [5, 5.41) is 3.66. The normalized spacial score (nSPS) is 12.4. The highest BCUT2D eigenvalue weighted by molar-refractivity contribution is 5.80. The summed E-state index contributed by atoms with van der Waals surface area (Å²) < 4.78 is 11.1. The van der Waals surface area contributed by atoms with E-state index in [1.807, 2.05) is 25.1 Å². The van der Waals surface area contributed by atoms with E-state index >= 15 is 0 Å². The van der Waals surface area contributed by atoms with Crippen LogP contribution in [-0.4, -0.2) is 13.7 Å². The van der Waals surface area contributed by atoms with Gasteiger partial charge in [-0.3, -0.25) is 0 Å². The number of ether oxygens (including phenoxy) is 2. The third-order valence-electron chi connectivity index (χ3n) is 4.61. The Morgan fingerprint density at radius 3 is 2.08 bits per heavy atom. The summed E-state index contributed by atoms with van der Waals surface area (Å²) in [6.07, 6.45) is 0. The van der Waals surface area contributed by atoms with E-state index in [0.29, 0.717) is 6.61 Å². The molecule has 1 aliphatic carbocycles. The highest BCUT2D eigenvalue weighted by atomic mass is 16.5. The first kappa shape index (κ1) is 15.6. The number of methoxy groups -OCH3 is 1. The van der Waals surface area contributed by atoms with Gasteiger partial charge in [0.25, 0.3) is 0 Å². The minimum Gasteiger partial charge on any atom is -0.493 e. The molecule has 0 heterocycles. The van der Waals surface area contributed by atoms with Gasteiger partial charge >= 0.3 is 0 Å². The molecule has 3 aromatic rings. The first-order valence-electron chi connectivity index (χ1n) is 8.57. The molecular formula is C22H21NO2. The first-order valence-corrected chi connectivity index (χ1v) is 8.57. The predicted molar refractivity (Wildman–Crippen MR) is 102 cm³/mol. The molecule has 0 aliphatic heterocycles. The Morgan fingerprint density at radius 2 is 1.48 bits per heavy atom. The van der Waals surface area contributed by atoms with Crippen LogP contribution in [0, 0.1) is 0 Å². The summed E-state index contributed by atoms with van der Waals surface area (Å²) in [5.74, 6) is 1.51. The Labute approximate surface area is 148 Å².